The molecule has 20 heavy (non-hydrogen) atoms. The minimum absolute atomic E-state index is 0.220. The summed E-state index contributed by atoms with van der Waals surface area (Å²) in [7, 11) is 1.90. The third kappa shape index (κ3) is 3.14. The molecule has 1 N–H and O–H groups in total. The molecule has 0 saturated carbocycles. The Balaban J connectivity index is 2.48. The van der Waals surface area contributed by atoms with Gasteiger partial charge in [-0.25, -0.2) is 4.39 Å². The standard InChI is InChI=1S/C16H20FN3/c1-4-20(15-7-5-6-14(17)9-15)16-8-12(2)19-11-13(16)10-18-3/h5-9,11,18H,4,10H2,1-3H3. The molecule has 0 fully saturated rings. The number of rotatable bonds is 5. The van der Waals surface area contributed by atoms with Gasteiger partial charge in [0.25, 0.3) is 0 Å². The zero-order chi connectivity index (χ0) is 14.5. The molecular formula is C16H20FN3. The molecule has 1 heterocycles. The van der Waals surface area contributed by atoms with Gasteiger partial charge in [-0.1, -0.05) is 6.07 Å². The maximum atomic E-state index is 13.5. The Labute approximate surface area is 119 Å². The fourth-order valence-electron chi connectivity index (χ4n) is 2.29. The van der Waals surface area contributed by atoms with Crippen molar-refractivity contribution in [3.8, 4) is 0 Å². The molecule has 0 radical (unpaired) electrons. The van der Waals surface area contributed by atoms with E-state index in [1.54, 1.807) is 12.1 Å². The molecule has 0 bridgehead atoms. The Morgan fingerprint density at radius 1 is 1.30 bits per heavy atom. The summed E-state index contributed by atoms with van der Waals surface area (Å²) in [5.74, 6) is -0.220. The lowest BCUT2D eigenvalue weighted by Gasteiger charge is -2.26. The fourth-order valence-corrected chi connectivity index (χ4v) is 2.29. The number of benzene rings is 1. The molecule has 0 aliphatic heterocycles. The van der Waals surface area contributed by atoms with Gasteiger partial charge in [-0.15, -0.1) is 0 Å². The molecule has 4 heteroatoms. The number of nitrogens with one attached hydrogen (secondary N) is 1. The first-order chi connectivity index (χ1) is 9.65. The quantitative estimate of drug-likeness (QED) is 0.905. The van der Waals surface area contributed by atoms with Gasteiger partial charge in [0.05, 0.1) is 0 Å². The summed E-state index contributed by atoms with van der Waals surface area (Å²) in [5.41, 5.74) is 3.98. The Bertz CT molecular complexity index is 584. The first-order valence-electron chi connectivity index (χ1n) is 6.79. The summed E-state index contributed by atoms with van der Waals surface area (Å²) in [5, 5.41) is 3.14. The molecule has 3 nitrogen and oxygen atoms in total. The van der Waals surface area contributed by atoms with E-state index in [4.69, 9.17) is 0 Å². The van der Waals surface area contributed by atoms with Crippen LogP contribution in [0.25, 0.3) is 0 Å². The molecule has 0 aliphatic rings. The predicted molar refractivity (Wildman–Crippen MR) is 80.8 cm³/mol. The number of aromatic nitrogens is 1. The van der Waals surface area contributed by atoms with E-state index in [0.717, 1.165) is 35.7 Å². The number of hydrogen-bond donors (Lipinski definition) is 1. The maximum Gasteiger partial charge on any atom is 0.125 e. The number of halogens is 1. The zero-order valence-corrected chi connectivity index (χ0v) is 12.2. The normalized spacial score (nSPS) is 10.6. The third-order valence-electron chi connectivity index (χ3n) is 3.19. The largest absolute Gasteiger partial charge is 0.341 e. The van der Waals surface area contributed by atoms with Crippen molar-refractivity contribution in [1.82, 2.24) is 10.3 Å². The van der Waals surface area contributed by atoms with Crippen LogP contribution in [-0.4, -0.2) is 18.6 Å². The van der Waals surface area contributed by atoms with Gasteiger partial charge in [0.15, 0.2) is 0 Å². The Morgan fingerprint density at radius 3 is 2.75 bits per heavy atom. The lowest BCUT2D eigenvalue weighted by molar-refractivity contribution is 0.627. The van der Waals surface area contributed by atoms with E-state index in [1.807, 2.05) is 32.3 Å². The number of nitrogens with zero attached hydrogens (tertiary/aromatic N) is 2. The molecule has 0 atom stereocenters. The Kier molecular flexibility index (Phi) is 4.69. The summed E-state index contributed by atoms with van der Waals surface area (Å²) < 4.78 is 13.5. The van der Waals surface area contributed by atoms with E-state index >= 15 is 0 Å². The van der Waals surface area contributed by atoms with Gasteiger partial charge in [0.1, 0.15) is 5.82 Å². The van der Waals surface area contributed by atoms with Crippen LogP contribution in [0.5, 0.6) is 0 Å². The summed E-state index contributed by atoms with van der Waals surface area (Å²) >= 11 is 0. The van der Waals surface area contributed by atoms with Gasteiger partial charge in [-0.3, -0.25) is 4.98 Å². The second-order valence-corrected chi connectivity index (χ2v) is 4.71. The highest BCUT2D eigenvalue weighted by Gasteiger charge is 2.13. The number of anilines is 2. The summed E-state index contributed by atoms with van der Waals surface area (Å²) in [6.45, 7) is 5.52. The van der Waals surface area contributed by atoms with Crippen molar-refractivity contribution in [3.63, 3.8) is 0 Å². The van der Waals surface area contributed by atoms with Gasteiger partial charge in [-0.05, 0) is 45.2 Å². The van der Waals surface area contributed by atoms with E-state index in [1.165, 1.54) is 6.07 Å². The Hall–Kier alpha value is -1.94. The fraction of sp³-hybridized carbons (Fsp3) is 0.312. The molecular weight excluding hydrogens is 253 g/mol. The van der Waals surface area contributed by atoms with Crippen molar-refractivity contribution in [2.75, 3.05) is 18.5 Å². The highest BCUT2D eigenvalue weighted by Crippen LogP contribution is 2.29. The lowest BCUT2D eigenvalue weighted by Crippen LogP contribution is -2.20. The lowest BCUT2D eigenvalue weighted by atomic mass is 10.1. The van der Waals surface area contributed by atoms with Gasteiger partial charge in [0.2, 0.25) is 0 Å². The smallest absolute Gasteiger partial charge is 0.125 e. The van der Waals surface area contributed by atoms with E-state index in [0.29, 0.717) is 0 Å². The molecule has 2 rings (SSSR count). The van der Waals surface area contributed by atoms with Crippen LogP contribution in [-0.2, 0) is 6.54 Å². The number of hydrogen-bond acceptors (Lipinski definition) is 3. The molecule has 0 aliphatic carbocycles. The molecule has 106 valence electrons. The molecule has 1 aromatic heterocycles. The van der Waals surface area contributed by atoms with Crippen LogP contribution >= 0.6 is 0 Å². The van der Waals surface area contributed by atoms with Crippen molar-refractivity contribution in [2.45, 2.75) is 20.4 Å². The first kappa shape index (κ1) is 14.5. The van der Waals surface area contributed by atoms with Crippen molar-refractivity contribution in [2.24, 2.45) is 0 Å². The topological polar surface area (TPSA) is 28.2 Å². The summed E-state index contributed by atoms with van der Waals surface area (Å²) in [6.07, 6.45) is 1.88. The van der Waals surface area contributed by atoms with Gasteiger partial charge in [0, 0.05) is 41.9 Å². The molecule has 0 spiro atoms. The van der Waals surface area contributed by atoms with Crippen LogP contribution in [0.2, 0.25) is 0 Å². The number of pyridine rings is 1. The molecule has 2 aromatic rings. The average Bonchev–Trinajstić information content (AvgIpc) is 2.43. The summed E-state index contributed by atoms with van der Waals surface area (Å²) in [4.78, 5) is 6.45. The van der Waals surface area contributed by atoms with Gasteiger partial charge >= 0.3 is 0 Å². The summed E-state index contributed by atoms with van der Waals surface area (Å²) in [6, 6.07) is 8.72. The second kappa shape index (κ2) is 6.48. The SMILES string of the molecule is CCN(c1cccc(F)c1)c1cc(C)ncc1CNC. The minimum atomic E-state index is -0.220. The van der Waals surface area contributed by atoms with Crippen molar-refractivity contribution in [3.05, 3.63) is 53.6 Å². The van der Waals surface area contributed by atoms with Gasteiger partial charge in [-0.2, -0.15) is 0 Å². The molecule has 0 unspecified atom stereocenters. The first-order valence-corrected chi connectivity index (χ1v) is 6.79. The van der Waals surface area contributed by atoms with E-state index in [-0.39, 0.29) is 5.82 Å². The van der Waals surface area contributed by atoms with E-state index in [9.17, 15) is 4.39 Å². The van der Waals surface area contributed by atoms with Crippen molar-refractivity contribution < 1.29 is 4.39 Å². The minimum Gasteiger partial charge on any atom is -0.341 e. The average molecular weight is 273 g/mol. The van der Waals surface area contributed by atoms with Crippen LogP contribution in [0, 0.1) is 12.7 Å². The van der Waals surface area contributed by atoms with Crippen LogP contribution < -0.4 is 10.2 Å². The van der Waals surface area contributed by atoms with Gasteiger partial charge < -0.3 is 10.2 Å². The van der Waals surface area contributed by atoms with Crippen molar-refractivity contribution >= 4 is 11.4 Å². The molecule has 0 saturated heterocycles. The van der Waals surface area contributed by atoms with E-state index in [2.05, 4.69) is 22.1 Å². The van der Waals surface area contributed by atoms with Crippen LogP contribution in [0.1, 0.15) is 18.2 Å². The monoisotopic (exact) mass is 273 g/mol. The zero-order valence-electron chi connectivity index (χ0n) is 12.2. The highest BCUT2D eigenvalue weighted by atomic mass is 19.1. The van der Waals surface area contributed by atoms with Crippen molar-refractivity contribution in [1.29, 1.82) is 0 Å². The second-order valence-electron chi connectivity index (χ2n) is 4.71. The predicted octanol–water partition coefficient (Wildman–Crippen LogP) is 3.41. The Morgan fingerprint density at radius 2 is 2.10 bits per heavy atom. The third-order valence-corrected chi connectivity index (χ3v) is 3.19. The highest BCUT2D eigenvalue weighted by molar-refractivity contribution is 5.66. The van der Waals surface area contributed by atoms with Crippen LogP contribution in [0.15, 0.2) is 36.5 Å². The maximum absolute atomic E-state index is 13.5. The van der Waals surface area contributed by atoms with Crippen LogP contribution in [0.4, 0.5) is 15.8 Å². The molecule has 0 amide bonds. The van der Waals surface area contributed by atoms with E-state index < -0.39 is 0 Å². The molecule has 1 aromatic carbocycles. The van der Waals surface area contributed by atoms with Crippen LogP contribution in [0.3, 0.4) is 0 Å². The number of aryl methyl sites for hydroxylation is 1.